The van der Waals surface area contributed by atoms with Crippen molar-refractivity contribution in [3.63, 3.8) is 0 Å². The highest BCUT2D eigenvalue weighted by Crippen LogP contribution is 2.20. The Balaban J connectivity index is 1.80. The Kier molecular flexibility index (Phi) is 4.41. The molecule has 0 saturated carbocycles. The molecule has 4 nitrogen and oxygen atoms in total. The van der Waals surface area contributed by atoms with E-state index in [1.807, 2.05) is 36.4 Å². The standard InChI is InChI=1S/C13H14BrN3O/c14-10-4-3-7-16-13(10)17-8-9-18-12-6-2-1-5-11(12)15/h1-7H,8-9,15H2,(H,16,17). The lowest BCUT2D eigenvalue weighted by Crippen LogP contribution is -2.13. The predicted octanol–water partition coefficient (Wildman–Crippen LogP) is 2.92. The maximum absolute atomic E-state index is 5.77. The van der Waals surface area contributed by atoms with Gasteiger partial charge in [-0.1, -0.05) is 12.1 Å². The Morgan fingerprint density at radius 2 is 2.06 bits per heavy atom. The van der Waals surface area contributed by atoms with E-state index >= 15 is 0 Å². The molecule has 0 spiro atoms. The molecule has 3 N–H and O–H groups in total. The van der Waals surface area contributed by atoms with Gasteiger partial charge in [0.1, 0.15) is 18.2 Å². The van der Waals surface area contributed by atoms with Crippen LogP contribution in [0.3, 0.4) is 0 Å². The van der Waals surface area contributed by atoms with Gasteiger partial charge in [-0.15, -0.1) is 0 Å². The lowest BCUT2D eigenvalue weighted by molar-refractivity contribution is 0.334. The highest BCUT2D eigenvalue weighted by molar-refractivity contribution is 9.10. The first-order valence-corrected chi connectivity index (χ1v) is 6.38. The van der Waals surface area contributed by atoms with Crippen molar-refractivity contribution in [3.05, 3.63) is 47.1 Å². The van der Waals surface area contributed by atoms with E-state index in [1.54, 1.807) is 6.20 Å². The zero-order chi connectivity index (χ0) is 12.8. The number of anilines is 2. The molecule has 0 aliphatic carbocycles. The van der Waals surface area contributed by atoms with E-state index in [9.17, 15) is 0 Å². The van der Waals surface area contributed by atoms with Crippen LogP contribution in [0.15, 0.2) is 47.1 Å². The highest BCUT2D eigenvalue weighted by Gasteiger charge is 2.00. The van der Waals surface area contributed by atoms with Crippen molar-refractivity contribution >= 4 is 27.4 Å². The molecule has 0 saturated heterocycles. The van der Waals surface area contributed by atoms with Crippen LogP contribution in [0.1, 0.15) is 0 Å². The normalized spacial score (nSPS) is 10.1. The number of nitrogens with two attached hydrogens (primary N) is 1. The number of pyridine rings is 1. The number of halogens is 1. The highest BCUT2D eigenvalue weighted by atomic mass is 79.9. The topological polar surface area (TPSA) is 60.2 Å². The Morgan fingerprint density at radius 1 is 1.22 bits per heavy atom. The minimum absolute atomic E-state index is 0.525. The molecule has 1 aromatic heterocycles. The maximum atomic E-state index is 5.77. The van der Waals surface area contributed by atoms with E-state index in [2.05, 4.69) is 26.2 Å². The number of hydrogen-bond donors (Lipinski definition) is 2. The van der Waals surface area contributed by atoms with E-state index < -0.39 is 0 Å². The van der Waals surface area contributed by atoms with Gasteiger partial charge in [0, 0.05) is 6.20 Å². The summed E-state index contributed by atoms with van der Waals surface area (Å²) < 4.78 is 6.50. The van der Waals surface area contributed by atoms with Crippen molar-refractivity contribution < 1.29 is 4.74 Å². The molecule has 0 aliphatic rings. The zero-order valence-electron chi connectivity index (χ0n) is 9.77. The second-order valence-electron chi connectivity index (χ2n) is 3.65. The van der Waals surface area contributed by atoms with Crippen LogP contribution >= 0.6 is 15.9 Å². The van der Waals surface area contributed by atoms with Crippen LogP contribution in [0.2, 0.25) is 0 Å². The number of nitrogens with zero attached hydrogens (tertiary/aromatic N) is 1. The summed E-state index contributed by atoms with van der Waals surface area (Å²) in [4.78, 5) is 4.20. The summed E-state index contributed by atoms with van der Waals surface area (Å²) in [6.07, 6.45) is 1.74. The largest absolute Gasteiger partial charge is 0.490 e. The molecular weight excluding hydrogens is 294 g/mol. The predicted molar refractivity (Wildman–Crippen MR) is 76.8 cm³/mol. The van der Waals surface area contributed by atoms with Gasteiger partial charge in [0.15, 0.2) is 0 Å². The number of hydrogen-bond acceptors (Lipinski definition) is 4. The molecule has 2 rings (SSSR count). The summed E-state index contributed by atoms with van der Waals surface area (Å²) in [5.41, 5.74) is 6.42. The molecule has 0 atom stereocenters. The summed E-state index contributed by atoms with van der Waals surface area (Å²) in [5, 5.41) is 3.18. The number of benzene rings is 1. The second-order valence-corrected chi connectivity index (χ2v) is 4.50. The number of nitrogens with one attached hydrogen (secondary N) is 1. The van der Waals surface area contributed by atoms with Gasteiger partial charge in [0.25, 0.3) is 0 Å². The van der Waals surface area contributed by atoms with Gasteiger partial charge in [-0.2, -0.15) is 0 Å². The van der Waals surface area contributed by atoms with Gasteiger partial charge in [0.2, 0.25) is 0 Å². The summed E-state index contributed by atoms with van der Waals surface area (Å²) >= 11 is 3.42. The molecule has 0 bridgehead atoms. The fourth-order valence-corrected chi connectivity index (χ4v) is 1.85. The fraction of sp³-hybridized carbons (Fsp3) is 0.154. The molecule has 0 unspecified atom stereocenters. The Morgan fingerprint density at radius 3 is 2.83 bits per heavy atom. The van der Waals surface area contributed by atoms with Crippen molar-refractivity contribution in [2.45, 2.75) is 0 Å². The lowest BCUT2D eigenvalue weighted by Gasteiger charge is -2.10. The number of nitrogen functional groups attached to an aromatic ring is 1. The molecule has 1 heterocycles. The third kappa shape index (κ3) is 3.37. The average molecular weight is 308 g/mol. The number of aromatic nitrogens is 1. The van der Waals surface area contributed by atoms with E-state index in [-0.39, 0.29) is 0 Å². The fourth-order valence-electron chi connectivity index (χ4n) is 1.46. The molecule has 0 amide bonds. The Bertz CT molecular complexity index is 472. The zero-order valence-corrected chi connectivity index (χ0v) is 11.4. The van der Waals surface area contributed by atoms with E-state index in [4.69, 9.17) is 10.5 Å². The van der Waals surface area contributed by atoms with E-state index in [1.165, 1.54) is 0 Å². The van der Waals surface area contributed by atoms with Gasteiger partial charge < -0.3 is 15.8 Å². The van der Waals surface area contributed by atoms with Crippen LogP contribution < -0.4 is 15.8 Å². The van der Waals surface area contributed by atoms with Crippen molar-refractivity contribution in [1.82, 2.24) is 4.98 Å². The maximum Gasteiger partial charge on any atom is 0.142 e. The van der Waals surface area contributed by atoms with Gasteiger partial charge in [-0.05, 0) is 40.2 Å². The summed E-state index contributed by atoms with van der Waals surface area (Å²) in [5.74, 6) is 1.52. The lowest BCUT2D eigenvalue weighted by atomic mass is 10.3. The van der Waals surface area contributed by atoms with Gasteiger partial charge in [0.05, 0.1) is 16.7 Å². The smallest absolute Gasteiger partial charge is 0.142 e. The monoisotopic (exact) mass is 307 g/mol. The van der Waals surface area contributed by atoms with Crippen molar-refractivity contribution in [3.8, 4) is 5.75 Å². The summed E-state index contributed by atoms with van der Waals surface area (Å²) in [6.45, 7) is 1.18. The van der Waals surface area contributed by atoms with Crippen molar-refractivity contribution in [2.24, 2.45) is 0 Å². The summed E-state index contributed by atoms with van der Waals surface area (Å²) in [7, 11) is 0. The van der Waals surface area contributed by atoms with Crippen LogP contribution in [-0.4, -0.2) is 18.1 Å². The van der Waals surface area contributed by atoms with Crippen LogP contribution in [0.25, 0.3) is 0 Å². The third-order valence-corrected chi connectivity index (χ3v) is 2.97. The molecular formula is C13H14BrN3O. The molecule has 1 aromatic carbocycles. The molecule has 2 aromatic rings. The van der Waals surface area contributed by atoms with Crippen LogP contribution in [0.5, 0.6) is 5.75 Å². The van der Waals surface area contributed by atoms with Crippen LogP contribution in [0, 0.1) is 0 Å². The number of rotatable bonds is 5. The molecule has 18 heavy (non-hydrogen) atoms. The minimum Gasteiger partial charge on any atom is -0.490 e. The van der Waals surface area contributed by atoms with Crippen molar-refractivity contribution in [1.29, 1.82) is 0 Å². The van der Waals surface area contributed by atoms with Gasteiger partial charge >= 0.3 is 0 Å². The first kappa shape index (κ1) is 12.7. The molecule has 94 valence electrons. The number of ether oxygens (including phenoxy) is 1. The molecule has 5 heteroatoms. The van der Waals surface area contributed by atoms with E-state index in [0.717, 1.165) is 10.3 Å². The first-order valence-electron chi connectivity index (χ1n) is 5.59. The first-order chi connectivity index (χ1) is 8.77. The number of para-hydroxylation sites is 2. The van der Waals surface area contributed by atoms with Crippen LogP contribution in [0.4, 0.5) is 11.5 Å². The molecule has 0 aliphatic heterocycles. The molecule has 0 radical (unpaired) electrons. The minimum atomic E-state index is 0.525. The molecule has 0 fully saturated rings. The van der Waals surface area contributed by atoms with Gasteiger partial charge in [-0.3, -0.25) is 0 Å². The second kappa shape index (κ2) is 6.26. The van der Waals surface area contributed by atoms with Gasteiger partial charge in [-0.25, -0.2) is 4.98 Å². The van der Waals surface area contributed by atoms with Crippen LogP contribution in [-0.2, 0) is 0 Å². The average Bonchev–Trinajstić information content (AvgIpc) is 2.38. The SMILES string of the molecule is Nc1ccccc1OCCNc1ncccc1Br. The van der Waals surface area contributed by atoms with E-state index in [0.29, 0.717) is 24.6 Å². The Labute approximate surface area is 114 Å². The Hall–Kier alpha value is -1.75. The quantitative estimate of drug-likeness (QED) is 0.658. The third-order valence-electron chi connectivity index (χ3n) is 2.33. The summed E-state index contributed by atoms with van der Waals surface area (Å²) in [6, 6.07) is 11.3. The van der Waals surface area contributed by atoms with Crippen molar-refractivity contribution in [2.75, 3.05) is 24.2 Å².